The highest BCUT2D eigenvalue weighted by Crippen LogP contribution is 2.45. The molecule has 0 radical (unpaired) electrons. The van der Waals surface area contributed by atoms with Gasteiger partial charge in [-0.15, -0.1) is 0 Å². The average Bonchev–Trinajstić information content (AvgIpc) is 2.76. The Morgan fingerprint density at radius 1 is 1.26 bits per heavy atom. The molecule has 2 atom stereocenters. The predicted molar refractivity (Wildman–Crippen MR) is 86.0 cm³/mol. The molecule has 5 nitrogen and oxygen atoms in total. The second-order valence-electron chi connectivity index (χ2n) is 7.19. The van der Waals surface area contributed by atoms with Crippen molar-refractivity contribution in [3.63, 3.8) is 0 Å². The molecule has 0 aromatic heterocycles. The van der Waals surface area contributed by atoms with Crippen LogP contribution in [0.5, 0.6) is 0 Å². The number of nitrogens with one attached hydrogen (secondary N) is 1. The number of amides is 1. The van der Waals surface area contributed by atoms with Gasteiger partial charge in [0, 0.05) is 18.5 Å². The number of carbonyl (C=O) groups is 2. The van der Waals surface area contributed by atoms with Crippen molar-refractivity contribution >= 4 is 17.6 Å². The van der Waals surface area contributed by atoms with Gasteiger partial charge in [-0.3, -0.25) is 9.59 Å². The van der Waals surface area contributed by atoms with Gasteiger partial charge in [-0.2, -0.15) is 0 Å². The van der Waals surface area contributed by atoms with Crippen molar-refractivity contribution in [3.8, 4) is 0 Å². The van der Waals surface area contributed by atoms with Crippen LogP contribution in [0.25, 0.3) is 0 Å². The van der Waals surface area contributed by atoms with Crippen LogP contribution in [0.15, 0.2) is 24.3 Å². The number of ether oxygens (including phenoxy) is 2. The average molecular weight is 317 g/mol. The second-order valence-corrected chi connectivity index (χ2v) is 7.19. The van der Waals surface area contributed by atoms with E-state index in [-0.39, 0.29) is 18.3 Å². The van der Waals surface area contributed by atoms with Crippen LogP contribution in [0.4, 0.5) is 5.69 Å². The quantitative estimate of drug-likeness (QED) is 0.852. The highest BCUT2D eigenvalue weighted by molar-refractivity contribution is 5.97. The van der Waals surface area contributed by atoms with E-state index in [1.165, 1.54) is 0 Å². The van der Waals surface area contributed by atoms with Crippen LogP contribution < -0.4 is 5.32 Å². The molecule has 1 N–H and O–H groups in total. The van der Waals surface area contributed by atoms with E-state index in [4.69, 9.17) is 9.47 Å². The van der Waals surface area contributed by atoms with Gasteiger partial charge < -0.3 is 14.8 Å². The van der Waals surface area contributed by atoms with Crippen LogP contribution in [0.3, 0.4) is 0 Å². The SMILES string of the molecule is Cc1ccc(NC(=O)[C@H]2CC(=O)O[C@]23CCOC(C)(C)C3)cc1. The van der Waals surface area contributed by atoms with E-state index in [1.807, 2.05) is 45.0 Å². The first-order valence-electron chi connectivity index (χ1n) is 8.03. The van der Waals surface area contributed by atoms with Gasteiger partial charge in [-0.05, 0) is 32.9 Å². The normalized spacial score (nSPS) is 29.3. The minimum absolute atomic E-state index is 0.133. The van der Waals surface area contributed by atoms with E-state index in [1.54, 1.807) is 0 Å². The van der Waals surface area contributed by atoms with Crippen LogP contribution in [-0.4, -0.2) is 29.7 Å². The third-order valence-corrected chi connectivity index (χ3v) is 4.70. The fourth-order valence-corrected chi connectivity index (χ4v) is 3.63. The summed E-state index contributed by atoms with van der Waals surface area (Å²) in [6.45, 7) is 6.42. The third kappa shape index (κ3) is 3.24. The monoisotopic (exact) mass is 317 g/mol. The van der Waals surface area contributed by atoms with Crippen molar-refractivity contribution in [1.82, 2.24) is 0 Å². The highest BCUT2D eigenvalue weighted by atomic mass is 16.6. The summed E-state index contributed by atoms with van der Waals surface area (Å²) < 4.78 is 11.4. The first kappa shape index (κ1) is 16.0. The van der Waals surface area contributed by atoms with E-state index in [0.29, 0.717) is 19.4 Å². The summed E-state index contributed by atoms with van der Waals surface area (Å²) in [4.78, 5) is 24.6. The second kappa shape index (κ2) is 5.64. The lowest BCUT2D eigenvalue weighted by atomic mass is 9.75. The topological polar surface area (TPSA) is 64.6 Å². The Morgan fingerprint density at radius 3 is 2.61 bits per heavy atom. The summed E-state index contributed by atoms with van der Waals surface area (Å²) in [7, 11) is 0. The van der Waals surface area contributed by atoms with Crippen molar-refractivity contribution in [2.75, 3.05) is 11.9 Å². The maximum atomic E-state index is 12.7. The Bertz CT molecular complexity index is 622. The molecule has 0 saturated carbocycles. The molecule has 1 aromatic rings. The molecule has 5 heteroatoms. The summed E-state index contributed by atoms with van der Waals surface area (Å²) >= 11 is 0. The summed E-state index contributed by atoms with van der Waals surface area (Å²) in [6.07, 6.45) is 1.24. The minimum atomic E-state index is -0.742. The molecule has 124 valence electrons. The predicted octanol–water partition coefficient (Wildman–Crippen LogP) is 2.82. The van der Waals surface area contributed by atoms with Crippen molar-refractivity contribution in [1.29, 1.82) is 0 Å². The van der Waals surface area contributed by atoms with Crippen LogP contribution in [0.2, 0.25) is 0 Å². The fourth-order valence-electron chi connectivity index (χ4n) is 3.63. The van der Waals surface area contributed by atoms with Gasteiger partial charge in [-0.25, -0.2) is 0 Å². The van der Waals surface area contributed by atoms with E-state index in [9.17, 15) is 9.59 Å². The molecule has 2 heterocycles. The lowest BCUT2D eigenvalue weighted by molar-refractivity contribution is -0.178. The van der Waals surface area contributed by atoms with E-state index < -0.39 is 17.1 Å². The van der Waals surface area contributed by atoms with Gasteiger partial charge in [0.15, 0.2) is 0 Å². The molecule has 0 bridgehead atoms. The molecule has 2 aliphatic heterocycles. The zero-order chi connectivity index (χ0) is 16.7. The van der Waals surface area contributed by atoms with Gasteiger partial charge in [-0.1, -0.05) is 17.7 Å². The van der Waals surface area contributed by atoms with Crippen molar-refractivity contribution in [2.24, 2.45) is 5.92 Å². The molecule has 2 aliphatic rings. The maximum Gasteiger partial charge on any atom is 0.307 e. The first-order chi connectivity index (χ1) is 10.8. The number of carbonyl (C=O) groups excluding carboxylic acids is 2. The van der Waals surface area contributed by atoms with E-state index >= 15 is 0 Å². The van der Waals surface area contributed by atoms with Crippen molar-refractivity contribution in [3.05, 3.63) is 29.8 Å². The van der Waals surface area contributed by atoms with Gasteiger partial charge in [0.1, 0.15) is 5.60 Å². The molecule has 0 unspecified atom stereocenters. The smallest absolute Gasteiger partial charge is 0.307 e. The number of benzene rings is 1. The van der Waals surface area contributed by atoms with Gasteiger partial charge in [0.25, 0.3) is 0 Å². The number of esters is 1. The molecule has 1 amide bonds. The largest absolute Gasteiger partial charge is 0.458 e. The number of aryl methyl sites for hydroxylation is 1. The number of anilines is 1. The summed E-state index contributed by atoms with van der Waals surface area (Å²) in [5, 5.41) is 2.92. The molecule has 2 saturated heterocycles. The number of hydrogen-bond donors (Lipinski definition) is 1. The van der Waals surface area contributed by atoms with Crippen LogP contribution in [0.1, 0.15) is 38.7 Å². The zero-order valence-corrected chi connectivity index (χ0v) is 13.8. The Kier molecular flexibility index (Phi) is 3.92. The lowest BCUT2D eigenvalue weighted by Gasteiger charge is -2.43. The number of hydrogen-bond acceptors (Lipinski definition) is 4. The first-order valence-corrected chi connectivity index (χ1v) is 8.03. The minimum Gasteiger partial charge on any atom is -0.458 e. The number of rotatable bonds is 2. The summed E-state index contributed by atoms with van der Waals surface area (Å²) in [6, 6.07) is 7.62. The van der Waals surface area contributed by atoms with Crippen LogP contribution in [-0.2, 0) is 19.1 Å². The van der Waals surface area contributed by atoms with Crippen molar-refractivity contribution < 1.29 is 19.1 Å². The fraction of sp³-hybridized carbons (Fsp3) is 0.556. The molecule has 0 aliphatic carbocycles. The lowest BCUT2D eigenvalue weighted by Crippen LogP contribution is -2.52. The molecule has 1 aromatic carbocycles. The van der Waals surface area contributed by atoms with Crippen molar-refractivity contribution in [2.45, 2.75) is 51.2 Å². The Balaban J connectivity index is 1.80. The van der Waals surface area contributed by atoms with Gasteiger partial charge >= 0.3 is 5.97 Å². The molecule has 2 fully saturated rings. The van der Waals surface area contributed by atoms with Gasteiger partial charge in [0.2, 0.25) is 5.91 Å². The highest BCUT2D eigenvalue weighted by Gasteiger charge is 2.56. The van der Waals surface area contributed by atoms with Gasteiger partial charge in [0.05, 0.1) is 24.5 Å². The third-order valence-electron chi connectivity index (χ3n) is 4.70. The molecular formula is C18H23NO4. The van der Waals surface area contributed by atoms with Crippen LogP contribution in [0, 0.1) is 12.8 Å². The summed E-state index contributed by atoms with van der Waals surface area (Å²) in [5.41, 5.74) is 0.727. The molecule has 23 heavy (non-hydrogen) atoms. The molecular weight excluding hydrogens is 294 g/mol. The maximum absolute atomic E-state index is 12.7. The van der Waals surface area contributed by atoms with E-state index in [2.05, 4.69) is 5.32 Å². The molecule has 3 rings (SSSR count). The van der Waals surface area contributed by atoms with Crippen LogP contribution >= 0.6 is 0 Å². The Hall–Kier alpha value is -1.88. The molecule has 1 spiro atoms. The van der Waals surface area contributed by atoms with E-state index in [0.717, 1.165) is 11.3 Å². The Morgan fingerprint density at radius 2 is 1.96 bits per heavy atom. The standard InChI is InChI=1S/C18H23NO4/c1-12-4-6-13(7-5-12)19-16(21)14-10-15(20)23-18(14)8-9-22-17(2,3)11-18/h4-7,14H,8-11H2,1-3H3,(H,19,21)/t14-,18+/m1/s1. The Labute approximate surface area is 136 Å². The summed E-state index contributed by atoms with van der Waals surface area (Å²) in [5.74, 6) is -0.927. The zero-order valence-electron chi connectivity index (χ0n) is 13.8.